The maximum atomic E-state index is 12.7. The number of aliphatic carboxylic acids is 2. The number of hydrogen-bond donors (Lipinski definition) is 11. The Balaban J connectivity index is -0.0000000728. The summed E-state index contributed by atoms with van der Waals surface area (Å²) in [5, 5.41) is 36.3. The van der Waals surface area contributed by atoms with Gasteiger partial charge in [-0.05, 0) is 118 Å². The number of aliphatic hydroxyl groups is 1. The molecule has 2 aromatic rings. The fraction of sp³-hybridized carbons (Fsp3) is 0.691. The van der Waals surface area contributed by atoms with Crippen LogP contribution in [0.25, 0.3) is 0 Å². The number of hydrogen-bond acceptors (Lipinski definition) is 17. The van der Waals surface area contributed by atoms with Gasteiger partial charge in [-0.3, -0.25) is 29.3 Å². The Morgan fingerprint density at radius 2 is 0.794 bits per heavy atom. The molecule has 2 aromatic carbocycles. The van der Waals surface area contributed by atoms with Crippen molar-refractivity contribution in [2.24, 2.45) is 11.7 Å². The fourth-order valence-electron chi connectivity index (χ4n) is 5.58. The van der Waals surface area contributed by atoms with Gasteiger partial charge in [0.05, 0.1) is 32.5 Å². The number of aryl methyl sites for hydroxylation is 2. The summed E-state index contributed by atoms with van der Waals surface area (Å²) in [4.78, 5) is 53.9. The molecule has 6 unspecified atom stereocenters. The summed E-state index contributed by atoms with van der Waals surface area (Å²) >= 11 is 12.1. The second kappa shape index (κ2) is 76.5. The molecule has 102 heavy (non-hydrogen) atoms. The minimum Gasteiger partial charge on any atom is 0 e. The van der Waals surface area contributed by atoms with E-state index in [1.165, 1.54) is 54.4 Å². The summed E-state index contributed by atoms with van der Waals surface area (Å²) in [5.74, 6) is -8.18. The molecule has 0 aromatic heterocycles. The van der Waals surface area contributed by atoms with Gasteiger partial charge >= 0.3 is 175 Å². The first-order valence-electron chi connectivity index (χ1n) is 26.8. The first-order valence-corrected chi connectivity index (χ1v) is 49.4. The topological polar surface area (TPSA) is 307 Å². The number of carboxylic acids is 2. The van der Waals surface area contributed by atoms with Gasteiger partial charge in [0, 0.05) is 43.1 Å². The van der Waals surface area contributed by atoms with E-state index in [1.807, 2.05) is 52.5 Å². The molecule has 0 saturated carbocycles. The van der Waals surface area contributed by atoms with Crippen LogP contribution >= 0.6 is 124 Å². The zero-order valence-electron chi connectivity index (χ0n) is 54.1. The van der Waals surface area contributed by atoms with Gasteiger partial charge in [-0.25, -0.2) is 0 Å². The number of nitrogen functional groups attached to an aromatic ring is 1. The van der Waals surface area contributed by atoms with Crippen LogP contribution in [0.4, 0.5) is 90.4 Å². The van der Waals surface area contributed by atoms with E-state index in [0.717, 1.165) is 45.2 Å². The largest absolute Gasteiger partial charge is 0 e. The molecule has 614 valence electrons. The van der Waals surface area contributed by atoms with Crippen molar-refractivity contribution in [3.63, 3.8) is 0 Å². The van der Waals surface area contributed by atoms with E-state index < -0.39 is 129 Å². The maximum Gasteiger partial charge on any atom is 0 e. The normalized spacial score (nSPS) is 12.2. The monoisotopic (exact) mass is 2320 g/mol. The van der Waals surface area contributed by atoms with Crippen molar-refractivity contribution < 1.29 is 170 Å². The van der Waals surface area contributed by atoms with Crippen LogP contribution in [0.1, 0.15) is 102 Å². The molecule has 6 atom stereocenters. The number of ether oxygens (including phenoxy) is 4. The van der Waals surface area contributed by atoms with Crippen LogP contribution in [-0.4, -0.2) is 188 Å². The van der Waals surface area contributed by atoms with Crippen LogP contribution in [-0.2, 0) is 88.7 Å². The van der Waals surface area contributed by atoms with Crippen molar-refractivity contribution in [2.75, 3.05) is 79.8 Å². The molecule has 0 fully saturated rings. The number of benzene rings is 2. The van der Waals surface area contributed by atoms with E-state index in [0.29, 0.717) is 15.2 Å². The maximum absolute atomic E-state index is 12.7. The minimum absolute atomic E-state index is 0. The molecule has 1 amide bonds. The molecule has 0 saturated heterocycles. The Kier molecular flexibility index (Phi) is 101. The van der Waals surface area contributed by atoms with Crippen LogP contribution in [0.15, 0.2) is 48.5 Å². The van der Waals surface area contributed by atoms with E-state index >= 15 is 0 Å². The molecule has 2 rings (SSSR count). The summed E-state index contributed by atoms with van der Waals surface area (Å²) in [6.45, 7) is 9.52. The molecular formula is C55H99F18I6N8O12V3. The van der Waals surface area contributed by atoms with E-state index in [1.54, 1.807) is 12.1 Å². The minimum atomic E-state index is -4.76. The molecule has 0 aliphatic heterocycles. The standard InChI is InChI=1S/C13H17F3N2O.C10H16F3NO4.C8H11N.2C5H8F3NO2.C5H10F3NO.C4H7F3O2.CH5N.4CH4.6HI.3V/c1-3-9-4-6-10(7-5-9)18-12(19)8-11(17-2)13(14,15)16;1-4-17-8(15)6(9(16)18-5-2)7(14-3)10(11,12)13;1-2-7-3-5-8(9)6-4-7;2*1-9-3(2-4(10)11)5(6,7)8;1-3-10-4(9-2)5(6,7)8;1-2-9-3(8)4(5,6)7;1-2;;;;;;;;;;;;;/h4-7,11,17H,3,8H2,1-2H3,(H,18,19);6-7,14H,4-5H2,1-3H3;3-6H,2,9H2,1H3;2*3,9H,2H2,1H3,(H,10,11);4,9H,3H2,1-2H3;3,8H,2H2,1H3;2H2,1H3;4*1H4;6*1H;;;/q;;;;;;;;;;;;;;;;;;;+2;+3/p-5. The summed E-state index contributed by atoms with van der Waals surface area (Å²) in [6, 6.07) is 6.89. The molecule has 13 N–H and O–H groups in total. The van der Waals surface area contributed by atoms with E-state index in [9.17, 15) is 103 Å². The summed E-state index contributed by atoms with van der Waals surface area (Å²) in [6.07, 6.45) is -32.2. The number of carbonyl (C=O) groups is 5. The molecule has 0 spiro atoms. The van der Waals surface area contributed by atoms with Crippen LogP contribution in [0.3, 0.4) is 0 Å². The second-order valence-corrected chi connectivity index (χ2v) is 64.0. The molecule has 0 aliphatic carbocycles. The quantitative estimate of drug-likeness (QED) is 0.0123. The van der Waals surface area contributed by atoms with Crippen LogP contribution in [0, 0.1) is 5.92 Å². The number of carboxylic acid groups (broad SMARTS) is 2. The fourth-order valence-corrected chi connectivity index (χ4v) is 5.58. The van der Waals surface area contributed by atoms with Crippen molar-refractivity contribution in [3.05, 3.63) is 59.7 Å². The van der Waals surface area contributed by atoms with Gasteiger partial charge in [-0.15, -0.1) is 24.0 Å². The van der Waals surface area contributed by atoms with Crippen LogP contribution in [0.2, 0.25) is 0 Å². The molecular weight excluding hydrogens is 2220 g/mol. The smallest absolute Gasteiger partial charge is 0 e. The van der Waals surface area contributed by atoms with Crippen molar-refractivity contribution in [1.82, 2.24) is 26.6 Å². The number of rotatable bonds is 23. The van der Waals surface area contributed by atoms with Gasteiger partial charge in [-0.2, -0.15) is 79.0 Å². The number of nitrogens with two attached hydrogens (primary N) is 2. The summed E-state index contributed by atoms with van der Waals surface area (Å²) in [7, 11) is 7.66. The molecule has 47 heteroatoms. The third-order valence-electron chi connectivity index (χ3n) is 9.99. The van der Waals surface area contributed by atoms with Gasteiger partial charge < -0.3 is 72.3 Å². The number of nitrogens with one attached hydrogen (secondary N) is 6. The third kappa shape index (κ3) is 81.1. The molecule has 20 nitrogen and oxygen atoms in total. The predicted octanol–water partition coefficient (Wildman–Crippen LogP) is 15.9. The van der Waals surface area contributed by atoms with Gasteiger partial charge in [-0.1, -0.05) is 67.8 Å². The number of carbonyl (C=O) groups excluding carboxylic acids is 3. The number of alkyl halides is 18. The third-order valence-corrected chi connectivity index (χ3v) is 9.99. The van der Waals surface area contributed by atoms with Crippen molar-refractivity contribution in [3.8, 4) is 0 Å². The van der Waals surface area contributed by atoms with E-state index in [4.69, 9.17) is 21.1 Å². The number of amides is 1. The summed E-state index contributed by atoms with van der Waals surface area (Å²) < 4.78 is 232. The Labute approximate surface area is 682 Å². The van der Waals surface area contributed by atoms with Crippen molar-refractivity contribution >= 4 is 165 Å². The molecule has 0 heterocycles. The average molecular weight is 2320 g/mol. The Bertz CT molecular complexity index is 2230. The van der Waals surface area contributed by atoms with Crippen LogP contribution in [0.5, 0.6) is 0 Å². The first-order chi connectivity index (χ1) is 43.9. The second-order valence-electron chi connectivity index (χ2n) is 16.8. The Hall–Kier alpha value is 0.103. The average Bonchev–Trinajstić information content (AvgIpc) is 0.825. The van der Waals surface area contributed by atoms with Gasteiger partial charge in [0.15, 0.2) is 5.92 Å². The molecule has 0 bridgehead atoms. The zero-order valence-corrected chi connectivity index (χ0v) is 71.4. The Morgan fingerprint density at radius 3 is 0.971 bits per heavy atom. The van der Waals surface area contributed by atoms with Gasteiger partial charge in [0.1, 0.15) is 24.2 Å². The summed E-state index contributed by atoms with van der Waals surface area (Å²) in [5.41, 5.74) is 13.8. The van der Waals surface area contributed by atoms with Crippen molar-refractivity contribution in [2.45, 2.75) is 177 Å². The van der Waals surface area contributed by atoms with E-state index in [-0.39, 0.29) is 104 Å². The SMILES string of the molecule is C.C.C.C.CCOC(=O)C(C(=O)OCC)C(NC)C(F)(F)F.CCOC(NC)C(F)(F)F.CCOC(O)C(F)(F)F.CCc1ccc(N)cc1.CCc1ccc(NC(=O)CC(NC)C(F)(F)F)cc1.CN.CNC(CC(=O)O)C(F)(F)F.CNC(CC(=O)O)C(F)(F)F.I.[I][V]([I])[I].[I][V][I].[V]. The molecule has 1 radical (unpaired) electrons. The number of aliphatic hydroxyl groups excluding tert-OH is 1. The Morgan fingerprint density at radius 1 is 0.500 bits per heavy atom. The van der Waals surface area contributed by atoms with Gasteiger partial charge in [0.25, 0.3) is 6.29 Å². The first kappa shape index (κ1) is 134. The van der Waals surface area contributed by atoms with Crippen molar-refractivity contribution in [1.29, 1.82) is 0 Å². The number of esters is 2. The van der Waals surface area contributed by atoms with Gasteiger partial charge in [0.2, 0.25) is 12.1 Å². The predicted molar refractivity (Wildman–Crippen MR) is 403 cm³/mol. The molecule has 0 aliphatic rings. The zero-order chi connectivity index (χ0) is 77.6. The number of anilines is 2. The van der Waals surface area contributed by atoms with Crippen LogP contribution < -0.4 is 43.4 Å². The van der Waals surface area contributed by atoms with E-state index in [2.05, 4.69) is 154 Å². The number of halogens is 24.